The van der Waals surface area contributed by atoms with E-state index in [0.29, 0.717) is 0 Å². The molecule has 2 rings (SSSR count). The Labute approximate surface area is 374 Å². The number of amides is 4. The molecule has 0 aromatic carbocycles. The van der Waals surface area contributed by atoms with E-state index in [0.717, 1.165) is 51.6 Å². The minimum atomic E-state index is -1.00. The molecule has 0 unspecified atom stereocenters. The molecule has 2 saturated heterocycles. The van der Waals surface area contributed by atoms with Crippen LogP contribution >= 0.6 is 0 Å². The summed E-state index contributed by atoms with van der Waals surface area (Å²) in [6.45, 7) is 32.6. The van der Waals surface area contributed by atoms with Crippen LogP contribution in [0.2, 0.25) is 0 Å². The van der Waals surface area contributed by atoms with E-state index in [1.165, 1.54) is 13.8 Å². The van der Waals surface area contributed by atoms with Gasteiger partial charge in [0.1, 0.15) is 12.1 Å². The summed E-state index contributed by atoms with van der Waals surface area (Å²) in [6.07, 6.45) is 8.99. The monoisotopic (exact) mass is 875 g/mol. The van der Waals surface area contributed by atoms with Crippen LogP contribution in [-0.4, -0.2) is 141 Å². The lowest BCUT2D eigenvalue weighted by Crippen LogP contribution is -2.60. The standard InChI is InChI=1S/2C24H43N3O4/c2*1-15(2)19(14-17(5)23(30)31)26(9)22(29)20(24(6,7)8)25-21(28)18-12-10-11-13-27(18)16(3)4/h2*14-16,18-20H,10-13H2,1-9H3,(H,25,28)(H,30,31)/b2*17-14+/t2*18-,19-,20-/m11/s1. The molecule has 0 saturated carbocycles. The van der Waals surface area contributed by atoms with E-state index in [1.807, 2.05) is 69.2 Å². The fourth-order valence-corrected chi connectivity index (χ4v) is 8.34. The number of nitrogens with one attached hydrogen (secondary N) is 2. The zero-order valence-corrected chi connectivity index (χ0v) is 41.7. The molecule has 0 spiro atoms. The summed E-state index contributed by atoms with van der Waals surface area (Å²) in [4.78, 5) is 83.8. The number of nitrogens with zero attached hydrogens (tertiary/aromatic N) is 4. The Kier molecular flexibility index (Phi) is 22.1. The number of likely N-dealkylation sites (tertiary alicyclic amines) is 2. The van der Waals surface area contributed by atoms with Crippen molar-refractivity contribution in [2.45, 2.75) is 198 Å². The van der Waals surface area contributed by atoms with Gasteiger partial charge in [-0.05, 0) is 103 Å². The molecule has 14 heteroatoms. The molecule has 0 aliphatic carbocycles. The fraction of sp³-hybridized carbons (Fsp3) is 0.792. The Balaban J connectivity index is 0.000000620. The second-order valence-corrected chi connectivity index (χ2v) is 21.0. The first kappa shape index (κ1) is 56.2. The first-order valence-corrected chi connectivity index (χ1v) is 22.9. The second-order valence-electron chi connectivity index (χ2n) is 21.0. The SMILES string of the molecule is C/C(=C\[C@H](C(C)C)N(C)C(=O)[C@@H](NC(=O)[C@H]1CCCCN1C(C)C)C(C)(C)C)C(=O)O.C/C(=C\[C@H](C(C)C)N(C)C(=O)[C@@H](NC(=O)[C@H]1CCCCN1C(C)C)C(C)(C)C)C(=O)O. The van der Waals surface area contributed by atoms with Crippen LogP contribution in [0.1, 0.15) is 149 Å². The van der Waals surface area contributed by atoms with Gasteiger partial charge in [0.05, 0.1) is 24.2 Å². The molecule has 6 atom stereocenters. The van der Waals surface area contributed by atoms with Crippen LogP contribution in [0.3, 0.4) is 0 Å². The number of rotatable bonds is 16. The van der Waals surface area contributed by atoms with Crippen molar-refractivity contribution in [2.24, 2.45) is 22.7 Å². The number of likely N-dealkylation sites (N-methyl/N-ethyl adjacent to an activating group) is 2. The molecule has 356 valence electrons. The predicted octanol–water partition coefficient (Wildman–Crippen LogP) is 6.59. The van der Waals surface area contributed by atoms with E-state index in [2.05, 4.69) is 48.1 Å². The number of hydrogen-bond donors (Lipinski definition) is 4. The van der Waals surface area contributed by atoms with E-state index >= 15 is 0 Å². The van der Waals surface area contributed by atoms with Crippen molar-refractivity contribution in [3.63, 3.8) is 0 Å². The van der Waals surface area contributed by atoms with Crippen molar-refractivity contribution in [3.8, 4) is 0 Å². The van der Waals surface area contributed by atoms with Gasteiger partial charge in [-0.3, -0.25) is 29.0 Å². The maximum absolute atomic E-state index is 13.5. The molecule has 0 radical (unpaired) electrons. The van der Waals surface area contributed by atoms with Gasteiger partial charge in [-0.2, -0.15) is 0 Å². The summed E-state index contributed by atoms with van der Waals surface area (Å²) in [6, 6.07) is -2.12. The van der Waals surface area contributed by atoms with Gasteiger partial charge in [-0.1, -0.05) is 94.2 Å². The van der Waals surface area contributed by atoms with Gasteiger partial charge in [0.15, 0.2) is 0 Å². The van der Waals surface area contributed by atoms with Crippen LogP contribution < -0.4 is 10.6 Å². The summed E-state index contributed by atoms with van der Waals surface area (Å²) in [5.41, 5.74) is -0.592. The number of piperidine rings is 2. The van der Waals surface area contributed by atoms with Crippen LogP contribution in [-0.2, 0) is 28.8 Å². The first-order valence-electron chi connectivity index (χ1n) is 22.9. The Bertz CT molecular complexity index is 1470. The summed E-state index contributed by atoms with van der Waals surface area (Å²) < 4.78 is 0. The van der Waals surface area contributed by atoms with Gasteiger partial charge < -0.3 is 30.6 Å². The summed E-state index contributed by atoms with van der Waals surface area (Å²) in [5.74, 6) is -2.58. The molecule has 2 aliphatic heterocycles. The van der Waals surface area contributed by atoms with E-state index in [-0.39, 0.29) is 82.9 Å². The third kappa shape index (κ3) is 16.4. The van der Waals surface area contributed by atoms with Crippen molar-refractivity contribution in [2.75, 3.05) is 27.2 Å². The molecule has 14 nitrogen and oxygen atoms in total. The molecule has 2 heterocycles. The molecule has 0 aromatic rings. The van der Waals surface area contributed by atoms with Gasteiger partial charge in [-0.25, -0.2) is 9.59 Å². The number of aliphatic carboxylic acids is 2. The lowest BCUT2D eigenvalue weighted by Gasteiger charge is -2.41. The van der Waals surface area contributed by atoms with Crippen LogP contribution in [0.15, 0.2) is 23.3 Å². The van der Waals surface area contributed by atoms with Crippen molar-refractivity contribution in [1.29, 1.82) is 0 Å². The molecule has 2 fully saturated rings. The van der Waals surface area contributed by atoms with E-state index in [9.17, 15) is 39.0 Å². The third-order valence-corrected chi connectivity index (χ3v) is 12.3. The first-order chi connectivity index (χ1) is 28.4. The number of carboxylic acid groups (broad SMARTS) is 2. The largest absolute Gasteiger partial charge is 0.478 e. The van der Waals surface area contributed by atoms with Crippen molar-refractivity contribution in [1.82, 2.24) is 30.2 Å². The maximum atomic E-state index is 13.5. The van der Waals surface area contributed by atoms with Gasteiger partial charge >= 0.3 is 11.9 Å². The molecule has 2 aliphatic rings. The molecule has 0 bridgehead atoms. The number of carbonyl (C=O) groups excluding carboxylic acids is 4. The smallest absolute Gasteiger partial charge is 0.331 e. The van der Waals surface area contributed by atoms with Crippen molar-refractivity contribution in [3.05, 3.63) is 23.3 Å². The number of carbonyl (C=O) groups is 6. The Morgan fingerprint density at radius 1 is 0.565 bits per heavy atom. The average molecular weight is 875 g/mol. The quantitative estimate of drug-likeness (QED) is 0.124. The Morgan fingerprint density at radius 2 is 0.855 bits per heavy atom. The normalized spacial score (nSPS) is 20.5. The van der Waals surface area contributed by atoms with Gasteiger partial charge in [0.25, 0.3) is 0 Å². The van der Waals surface area contributed by atoms with E-state index < -0.39 is 34.9 Å². The highest BCUT2D eigenvalue weighted by Gasteiger charge is 2.41. The van der Waals surface area contributed by atoms with E-state index in [1.54, 1.807) is 36.0 Å². The minimum Gasteiger partial charge on any atom is -0.478 e. The minimum absolute atomic E-state index is 0.0225. The molecular formula is C48H86N6O8. The summed E-state index contributed by atoms with van der Waals surface area (Å²) in [7, 11) is 3.37. The second kappa shape index (κ2) is 24.3. The van der Waals surface area contributed by atoms with Gasteiger partial charge in [-0.15, -0.1) is 0 Å². The number of hydrogen-bond acceptors (Lipinski definition) is 8. The zero-order valence-electron chi connectivity index (χ0n) is 41.7. The third-order valence-electron chi connectivity index (χ3n) is 12.3. The zero-order chi connectivity index (χ0) is 48.2. The van der Waals surface area contributed by atoms with Crippen molar-refractivity contribution < 1.29 is 39.0 Å². The fourth-order valence-electron chi connectivity index (χ4n) is 8.34. The predicted molar refractivity (Wildman–Crippen MR) is 247 cm³/mol. The highest BCUT2D eigenvalue weighted by atomic mass is 16.4. The van der Waals surface area contributed by atoms with Crippen LogP contribution in [0.25, 0.3) is 0 Å². The summed E-state index contributed by atoms with van der Waals surface area (Å²) >= 11 is 0. The Hall–Kier alpha value is -3.78. The van der Waals surface area contributed by atoms with Crippen LogP contribution in [0, 0.1) is 22.7 Å². The maximum Gasteiger partial charge on any atom is 0.331 e. The highest BCUT2D eigenvalue weighted by Crippen LogP contribution is 2.28. The number of carboxylic acids is 2. The lowest BCUT2D eigenvalue weighted by molar-refractivity contribution is -0.142. The molecule has 0 aromatic heterocycles. The van der Waals surface area contributed by atoms with Gasteiger partial charge in [0, 0.05) is 37.3 Å². The Morgan fingerprint density at radius 3 is 1.08 bits per heavy atom. The molecule has 4 N–H and O–H groups in total. The van der Waals surface area contributed by atoms with Gasteiger partial charge in [0.2, 0.25) is 23.6 Å². The lowest BCUT2D eigenvalue weighted by atomic mass is 9.84. The van der Waals surface area contributed by atoms with Crippen molar-refractivity contribution >= 4 is 35.6 Å². The molecular weight excluding hydrogens is 789 g/mol. The van der Waals surface area contributed by atoms with E-state index in [4.69, 9.17) is 0 Å². The highest BCUT2D eigenvalue weighted by molar-refractivity contribution is 5.92. The van der Waals surface area contributed by atoms with Crippen LogP contribution in [0.5, 0.6) is 0 Å². The topological polar surface area (TPSA) is 180 Å². The molecule has 4 amide bonds. The molecule has 62 heavy (non-hydrogen) atoms. The summed E-state index contributed by atoms with van der Waals surface area (Å²) in [5, 5.41) is 24.6. The van der Waals surface area contributed by atoms with Crippen LogP contribution in [0.4, 0.5) is 0 Å². The average Bonchev–Trinajstić information content (AvgIpc) is 3.17.